The highest BCUT2D eigenvalue weighted by molar-refractivity contribution is 6.62. The zero-order valence-corrected chi connectivity index (χ0v) is 18.5. The number of fused-ring (bicyclic) bond motifs is 1. The Kier molecular flexibility index (Phi) is 7.30. The second kappa shape index (κ2) is 10.0. The molecular formula is C22HBF16O2. The highest BCUT2D eigenvalue weighted by Gasteiger charge is 2.41. The predicted octanol–water partition coefficient (Wildman–Crippen LogP) is 6.50. The van der Waals surface area contributed by atoms with Crippen LogP contribution in [0.1, 0.15) is 0 Å². The van der Waals surface area contributed by atoms with E-state index in [1.807, 2.05) is 0 Å². The van der Waals surface area contributed by atoms with Crippen LogP contribution in [0.25, 0.3) is 21.9 Å². The number of benzene rings is 4. The molecule has 0 saturated carbocycles. The molecule has 0 amide bonds. The molecule has 0 radical (unpaired) electrons. The van der Waals surface area contributed by atoms with Gasteiger partial charge in [-0.05, 0) is 0 Å². The van der Waals surface area contributed by atoms with Crippen LogP contribution in [0.3, 0.4) is 0 Å². The van der Waals surface area contributed by atoms with Gasteiger partial charge in [-0.1, -0.05) is 0 Å². The van der Waals surface area contributed by atoms with Crippen molar-refractivity contribution in [1.82, 2.24) is 0 Å². The van der Waals surface area contributed by atoms with Crippen LogP contribution in [0.2, 0.25) is 0 Å². The third-order valence-electron chi connectivity index (χ3n) is 5.54. The van der Waals surface area contributed by atoms with Gasteiger partial charge in [-0.2, -0.15) is 4.39 Å². The maximum absolute atomic E-state index is 14.7. The summed E-state index contributed by atoms with van der Waals surface area (Å²) in [7, 11) is -3.84. The van der Waals surface area contributed by atoms with Crippen LogP contribution >= 0.6 is 0 Å². The Bertz CT molecular complexity index is 1770. The largest absolute Gasteiger partial charge is 0.564 e. The molecule has 0 aliphatic carbocycles. The lowest BCUT2D eigenvalue weighted by Crippen LogP contribution is -2.42. The third kappa shape index (κ3) is 4.12. The number of hydrogen-bond donors (Lipinski definition) is 1. The summed E-state index contributed by atoms with van der Waals surface area (Å²) in [6.07, 6.45) is 0. The zero-order valence-electron chi connectivity index (χ0n) is 18.5. The van der Waals surface area contributed by atoms with Crippen LogP contribution in [0, 0.1) is 93.1 Å². The summed E-state index contributed by atoms with van der Waals surface area (Å²) < 4.78 is 230. The molecule has 4 aromatic carbocycles. The Balaban J connectivity index is 2.11. The van der Waals surface area contributed by atoms with Gasteiger partial charge in [0, 0.05) is 11.0 Å². The van der Waals surface area contributed by atoms with E-state index in [2.05, 4.69) is 4.65 Å². The molecule has 0 aromatic heterocycles. The SMILES string of the molecule is OB(Oc1c(F)c(F)c(F)c2c(F)c(F)c(F)c(F)c12)c1c(F)c(F)c(F)c(F)c1-c1c(F)c(F)c(F)c(F)c1F. The molecule has 0 aliphatic heterocycles. The normalized spacial score (nSPS) is 11.5. The maximum atomic E-state index is 14.7. The molecule has 1 N–H and O–H groups in total. The van der Waals surface area contributed by atoms with Crippen LogP contribution in [-0.2, 0) is 0 Å². The van der Waals surface area contributed by atoms with Gasteiger partial charge in [-0.25, -0.2) is 65.9 Å². The van der Waals surface area contributed by atoms with Gasteiger partial charge in [0.25, 0.3) is 0 Å². The second-order valence-corrected chi connectivity index (χ2v) is 7.74. The highest BCUT2D eigenvalue weighted by atomic mass is 19.2. The van der Waals surface area contributed by atoms with E-state index in [0.717, 1.165) is 0 Å². The van der Waals surface area contributed by atoms with Crippen molar-refractivity contribution >= 4 is 23.4 Å². The van der Waals surface area contributed by atoms with Crippen LogP contribution < -0.4 is 10.1 Å². The molecule has 0 atom stereocenters. The van der Waals surface area contributed by atoms with Crippen LogP contribution in [0.4, 0.5) is 70.2 Å². The van der Waals surface area contributed by atoms with E-state index in [9.17, 15) is 75.3 Å². The van der Waals surface area contributed by atoms with E-state index in [-0.39, 0.29) is 0 Å². The highest BCUT2D eigenvalue weighted by Crippen LogP contribution is 2.40. The standard InChI is InChI=1S/C22HBF16O2/c24-6-1(2-7(25)15(33)20(38)16(34)8(2)26)5(12(30)19(37)13(6)31)23(40)41-22-4-3(10(28)18(36)21(22)39)9(27)14(32)17(35)11(4)29/h40H. The molecule has 0 aliphatic rings. The van der Waals surface area contributed by atoms with Gasteiger partial charge in [0.15, 0.2) is 87.2 Å². The van der Waals surface area contributed by atoms with Crippen LogP contribution in [0.5, 0.6) is 5.75 Å². The summed E-state index contributed by atoms with van der Waals surface area (Å²) in [4.78, 5) is 0. The van der Waals surface area contributed by atoms with E-state index in [0.29, 0.717) is 0 Å². The molecule has 19 heteroatoms. The van der Waals surface area contributed by atoms with Gasteiger partial charge in [0.2, 0.25) is 11.6 Å². The van der Waals surface area contributed by atoms with E-state index in [1.54, 1.807) is 0 Å². The van der Waals surface area contributed by atoms with E-state index in [1.165, 1.54) is 0 Å². The summed E-state index contributed by atoms with van der Waals surface area (Å²) >= 11 is 0. The van der Waals surface area contributed by atoms with E-state index in [4.69, 9.17) is 0 Å². The van der Waals surface area contributed by atoms with Gasteiger partial charge in [0.05, 0.1) is 16.3 Å². The van der Waals surface area contributed by atoms with Crippen molar-refractivity contribution in [3.05, 3.63) is 93.1 Å². The van der Waals surface area contributed by atoms with Gasteiger partial charge >= 0.3 is 7.12 Å². The van der Waals surface area contributed by atoms with Crippen LogP contribution in [0.15, 0.2) is 0 Å². The lowest BCUT2D eigenvalue weighted by molar-refractivity contribution is 0.375. The average molecular weight is 612 g/mol. The Morgan fingerprint density at radius 2 is 0.659 bits per heavy atom. The first-order valence-electron chi connectivity index (χ1n) is 10.0. The molecule has 0 bridgehead atoms. The molecule has 216 valence electrons. The number of rotatable bonds is 4. The van der Waals surface area contributed by atoms with Gasteiger partial charge in [-0.3, -0.25) is 0 Å². The van der Waals surface area contributed by atoms with Crippen molar-refractivity contribution in [3.63, 3.8) is 0 Å². The number of hydrogen-bond acceptors (Lipinski definition) is 2. The Labute approximate surface area is 214 Å². The molecule has 4 aromatic rings. The van der Waals surface area contributed by atoms with Crippen molar-refractivity contribution in [2.24, 2.45) is 0 Å². The van der Waals surface area contributed by atoms with Gasteiger partial charge < -0.3 is 9.68 Å². The molecule has 0 spiro atoms. The fourth-order valence-electron chi connectivity index (χ4n) is 3.70. The fourth-order valence-corrected chi connectivity index (χ4v) is 3.70. The molecule has 0 fully saturated rings. The molecule has 4 rings (SSSR count). The fraction of sp³-hybridized carbons (Fsp3) is 0. The van der Waals surface area contributed by atoms with Crippen molar-refractivity contribution < 1.29 is 79.9 Å². The van der Waals surface area contributed by atoms with Crippen molar-refractivity contribution in [3.8, 4) is 16.9 Å². The quantitative estimate of drug-likeness (QED) is 0.124. The summed E-state index contributed by atoms with van der Waals surface area (Å²) in [5.41, 5.74) is -7.60. The lowest BCUT2D eigenvalue weighted by Gasteiger charge is -2.20. The number of halogens is 16. The predicted molar refractivity (Wildman–Crippen MR) is 103 cm³/mol. The van der Waals surface area contributed by atoms with E-state index >= 15 is 0 Å². The summed E-state index contributed by atoms with van der Waals surface area (Å²) in [5.74, 6) is -48.7. The van der Waals surface area contributed by atoms with Gasteiger partial charge in [-0.15, -0.1) is 0 Å². The molecule has 41 heavy (non-hydrogen) atoms. The summed E-state index contributed by atoms with van der Waals surface area (Å²) in [6.45, 7) is 0. The average Bonchev–Trinajstić information content (AvgIpc) is 2.94. The topological polar surface area (TPSA) is 29.5 Å². The Morgan fingerprint density at radius 3 is 1.12 bits per heavy atom. The monoisotopic (exact) mass is 612 g/mol. The smallest absolute Gasteiger partial charge is 0.530 e. The molecular weight excluding hydrogens is 611 g/mol. The van der Waals surface area contributed by atoms with Crippen molar-refractivity contribution in [2.75, 3.05) is 0 Å². The molecule has 0 unspecified atom stereocenters. The minimum absolute atomic E-state index is 2.22. The molecule has 2 nitrogen and oxygen atoms in total. The first-order valence-corrected chi connectivity index (χ1v) is 10.0. The van der Waals surface area contributed by atoms with Crippen molar-refractivity contribution in [2.45, 2.75) is 0 Å². The molecule has 0 saturated heterocycles. The van der Waals surface area contributed by atoms with E-state index < -0.39 is 133 Å². The lowest BCUT2D eigenvalue weighted by atomic mass is 9.73. The summed E-state index contributed by atoms with van der Waals surface area (Å²) in [6, 6.07) is 0. The molecule has 0 heterocycles. The zero-order chi connectivity index (χ0) is 31.0. The minimum atomic E-state index is -3.84. The van der Waals surface area contributed by atoms with Crippen LogP contribution in [-0.4, -0.2) is 12.1 Å². The summed E-state index contributed by atoms with van der Waals surface area (Å²) in [5, 5.41) is 5.77. The first kappa shape index (κ1) is 29.8. The van der Waals surface area contributed by atoms with Crippen molar-refractivity contribution in [1.29, 1.82) is 0 Å². The minimum Gasteiger partial charge on any atom is -0.530 e. The maximum Gasteiger partial charge on any atom is 0.564 e. The Morgan fingerprint density at radius 1 is 0.341 bits per heavy atom. The Hall–Kier alpha value is -4.16. The first-order chi connectivity index (χ1) is 19.0. The second-order valence-electron chi connectivity index (χ2n) is 7.74. The van der Waals surface area contributed by atoms with Gasteiger partial charge in [0.1, 0.15) is 0 Å². The third-order valence-corrected chi connectivity index (χ3v) is 5.54.